The van der Waals surface area contributed by atoms with E-state index in [-0.39, 0.29) is 35.6 Å². The summed E-state index contributed by atoms with van der Waals surface area (Å²) < 4.78 is 114. The molecule has 4 rings (SSSR count). The first-order valence-electron chi connectivity index (χ1n) is 14.8. The molecule has 228 valence electrons. The molecular weight excluding hydrogens is 552 g/mol. The van der Waals surface area contributed by atoms with Gasteiger partial charge in [-0.2, -0.15) is 0 Å². The van der Waals surface area contributed by atoms with Gasteiger partial charge in [-0.3, -0.25) is 0 Å². The number of hydrogen-bond donors (Lipinski definition) is 0. The lowest BCUT2D eigenvalue weighted by atomic mass is 9.72. The third-order valence-corrected chi connectivity index (χ3v) is 9.02. The van der Waals surface area contributed by atoms with Gasteiger partial charge in [-0.15, -0.1) is 13.2 Å². The van der Waals surface area contributed by atoms with E-state index in [0.29, 0.717) is 56.9 Å². The van der Waals surface area contributed by atoms with Crippen molar-refractivity contribution in [3.05, 3.63) is 64.5 Å². The molecule has 0 aromatic heterocycles. The molecule has 2 aliphatic rings. The van der Waals surface area contributed by atoms with Crippen molar-refractivity contribution in [3.63, 3.8) is 0 Å². The van der Waals surface area contributed by atoms with Crippen LogP contribution in [0.5, 0.6) is 5.75 Å². The van der Waals surface area contributed by atoms with Gasteiger partial charge in [0.2, 0.25) is 5.75 Å². The zero-order valence-electron chi connectivity index (χ0n) is 23.3. The first-order chi connectivity index (χ1) is 19.4. The Balaban J connectivity index is 1.27. The maximum absolute atomic E-state index is 15.3. The van der Waals surface area contributed by atoms with E-state index in [1.54, 1.807) is 6.07 Å². The molecule has 0 aliphatic heterocycles. The van der Waals surface area contributed by atoms with Gasteiger partial charge < -0.3 is 4.74 Å². The van der Waals surface area contributed by atoms with Gasteiger partial charge >= 0.3 is 6.36 Å². The largest absolute Gasteiger partial charge is 0.573 e. The van der Waals surface area contributed by atoms with Crippen molar-refractivity contribution in [2.45, 2.75) is 115 Å². The summed E-state index contributed by atoms with van der Waals surface area (Å²) in [5, 5.41) is 0. The molecule has 0 atom stereocenters. The molecule has 0 N–H and O–H groups in total. The molecule has 2 aliphatic carbocycles. The Labute approximate surface area is 236 Å². The van der Waals surface area contributed by atoms with E-state index in [0.717, 1.165) is 43.4 Å². The molecule has 0 spiro atoms. The van der Waals surface area contributed by atoms with Gasteiger partial charge in [-0.1, -0.05) is 31.9 Å². The Morgan fingerprint density at radius 2 is 1.34 bits per heavy atom. The zero-order valence-corrected chi connectivity index (χ0v) is 23.3. The van der Waals surface area contributed by atoms with Crippen LogP contribution >= 0.6 is 0 Å². The van der Waals surface area contributed by atoms with Crippen LogP contribution < -0.4 is 4.74 Å². The average molecular weight is 591 g/mol. The summed E-state index contributed by atoms with van der Waals surface area (Å²) in [6, 6.07) is 7.05. The van der Waals surface area contributed by atoms with Gasteiger partial charge in [0.05, 0.1) is 0 Å². The maximum Gasteiger partial charge on any atom is 0.573 e. The van der Waals surface area contributed by atoms with Gasteiger partial charge in [0, 0.05) is 12.3 Å². The van der Waals surface area contributed by atoms with Gasteiger partial charge in [-0.05, 0) is 117 Å². The second-order valence-corrected chi connectivity index (χ2v) is 11.9. The third-order valence-electron chi connectivity index (χ3n) is 9.02. The van der Waals surface area contributed by atoms with Gasteiger partial charge in [0.1, 0.15) is 5.82 Å². The third kappa shape index (κ3) is 8.38. The van der Waals surface area contributed by atoms with Crippen molar-refractivity contribution >= 4 is 0 Å². The van der Waals surface area contributed by atoms with Crippen molar-refractivity contribution in [3.8, 4) is 5.75 Å². The molecule has 1 nitrogen and oxygen atoms in total. The number of unbranched alkanes of at least 4 members (excludes halogenated alkanes) is 2. The lowest BCUT2D eigenvalue weighted by Gasteiger charge is -2.37. The quantitative estimate of drug-likeness (QED) is 0.198. The summed E-state index contributed by atoms with van der Waals surface area (Å²) in [5.41, 5.74) is 1.80. The summed E-state index contributed by atoms with van der Waals surface area (Å²) >= 11 is 0. The van der Waals surface area contributed by atoms with Crippen LogP contribution in [0.3, 0.4) is 0 Å². The summed E-state index contributed by atoms with van der Waals surface area (Å²) in [7, 11) is 0. The number of aryl methyl sites for hydroxylation is 1. The topological polar surface area (TPSA) is 9.23 Å². The summed E-state index contributed by atoms with van der Waals surface area (Å²) in [6.45, 7) is 2.12. The van der Waals surface area contributed by atoms with Crippen molar-refractivity contribution in [2.75, 3.05) is 0 Å². The van der Waals surface area contributed by atoms with Crippen LogP contribution in [0.4, 0.5) is 35.1 Å². The molecule has 9 heteroatoms. The molecule has 0 radical (unpaired) electrons. The Morgan fingerprint density at radius 3 is 1.90 bits per heavy atom. The van der Waals surface area contributed by atoms with E-state index in [2.05, 4.69) is 11.7 Å². The number of alkyl halides is 5. The highest BCUT2D eigenvalue weighted by atomic mass is 19.4. The normalized spacial score (nSPS) is 23.9. The monoisotopic (exact) mass is 590 g/mol. The second kappa shape index (κ2) is 13.3. The Kier molecular flexibility index (Phi) is 10.3. The summed E-state index contributed by atoms with van der Waals surface area (Å²) in [6.07, 6.45) is 1.97. The molecule has 41 heavy (non-hydrogen) atoms. The predicted octanol–water partition coefficient (Wildman–Crippen LogP) is 11.0. The molecule has 0 bridgehead atoms. The smallest absolute Gasteiger partial charge is 0.399 e. The number of halogens is 8. The molecule has 2 saturated carbocycles. The minimum Gasteiger partial charge on any atom is -0.399 e. The molecule has 0 heterocycles. The summed E-state index contributed by atoms with van der Waals surface area (Å²) in [5.74, 6) is -8.88. The fourth-order valence-corrected chi connectivity index (χ4v) is 6.74. The molecule has 0 amide bonds. The van der Waals surface area contributed by atoms with Crippen molar-refractivity contribution in [1.29, 1.82) is 0 Å². The van der Waals surface area contributed by atoms with Crippen LogP contribution in [0.1, 0.15) is 112 Å². The van der Waals surface area contributed by atoms with E-state index in [1.807, 2.05) is 12.1 Å². The van der Waals surface area contributed by atoms with E-state index in [4.69, 9.17) is 0 Å². The predicted molar refractivity (Wildman–Crippen MR) is 142 cm³/mol. The summed E-state index contributed by atoms with van der Waals surface area (Å²) in [4.78, 5) is 0. The zero-order chi connectivity index (χ0) is 29.8. The van der Waals surface area contributed by atoms with Gasteiger partial charge in [0.15, 0.2) is 11.6 Å². The molecule has 0 unspecified atom stereocenters. The fourth-order valence-electron chi connectivity index (χ4n) is 6.74. The van der Waals surface area contributed by atoms with Crippen molar-refractivity contribution in [2.24, 2.45) is 11.8 Å². The van der Waals surface area contributed by atoms with Crippen LogP contribution in [-0.2, 0) is 6.42 Å². The van der Waals surface area contributed by atoms with Crippen LogP contribution in [0.2, 0.25) is 0 Å². The van der Waals surface area contributed by atoms with E-state index in [1.165, 1.54) is 0 Å². The lowest BCUT2D eigenvalue weighted by molar-refractivity contribution is -0.276. The first kappa shape index (κ1) is 31.6. The van der Waals surface area contributed by atoms with Gasteiger partial charge in [0.25, 0.3) is 5.92 Å². The SMILES string of the molecule is CCCCCc1ccc(C2CCC(C(F)(F)CC3CCC(c4cc(F)c(OC(F)(F)F)c(F)c4)CC3)CC2)c(F)c1. The fraction of sp³-hybridized carbons (Fsp3) is 0.625. The highest BCUT2D eigenvalue weighted by Crippen LogP contribution is 2.48. The number of benzene rings is 2. The average Bonchev–Trinajstić information content (AvgIpc) is 2.91. The maximum atomic E-state index is 15.3. The Morgan fingerprint density at radius 1 is 0.732 bits per heavy atom. The first-order valence-corrected chi connectivity index (χ1v) is 14.8. The standard InChI is InChI=1S/C32H38F8O/c1-2-3-4-5-20-8-15-26(27(33)16-20)23-11-13-25(14-12-23)31(36,37)19-21-6-9-22(10-7-21)24-17-28(34)30(29(35)18-24)41-32(38,39)40/h8,15-18,21-23,25H,2-7,9-14,19H2,1H3. The minimum atomic E-state index is -5.22. The molecule has 2 aromatic carbocycles. The van der Waals surface area contributed by atoms with Gasteiger partial charge in [-0.25, -0.2) is 22.0 Å². The second-order valence-electron chi connectivity index (χ2n) is 11.9. The van der Waals surface area contributed by atoms with Crippen LogP contribution in [-0.4, -0.2) is 12.3 Å². The number of ether oxygens (including phenoxy) is 1. The van der Waals surface area contributed by atoms with E-state index < -0.39 is 35.6 Å². The van der Waals surface area contributed by atoms with Crippen molar-refractivity contribution < 1.29 is 39.9 Å². The molecule has 0 saturated heterocycles. The molecule has 2 fully saturated rings. The molecule has 2 aromatic rings. The minimum absolute atomic E-state index is 0.0594. The highest BCUT2D eigenvalue weighted by molar-refractivity contribution is 5.33. The van der Waals surface area contributed by atoms with E-state index in [9.17, 15) is 26.3 Å². The lowest BCUT2D eigenvalue weighted by Crippen LogP contribution is -2.34. The van der Waals surface area contributed by atoms with Crippen LogP contribution in [0.15, 0.2) is 30.3 Å². The van der Waals surface area contributed by atoms with Crippen LogP contribution in [0, 0.1) is 29.3 Å². The Hall–Kier alpha value is -2.32. The van der Waals surface area contributed by atoms with Crippen LogP contribution in [0.25, 0.3) is 0 Å². The Bertz CT molecular complexity index is 1120. The highest BCUT2D eigenvalue weighted by Gasteiger charge is 2.44. The van der Waals surface area contributed by atoms with Crippen molar-refractivity contribution in [1.82, 2.24) is 0 Å². The number of hydrogen-bond acceptors (Lipinski definition) is 1. The van der Waals surface area contributed by atoms with E-state index >= 15 is 8.78 Å². The number of rotatable bonds is 10. The molecular formula is C32H38F8O.